The average Bonchev–Trinajstić information content (AvgIpc) is 3.51. The number of hydrogen-bond donors (Lipinski definition) is 0. The molecule has 10 atom stereocenters. The van der Waals surface area contributed by atoms with Gasteiger partial charge in [0.2, 0.25) is 0 Å². The van der Waals surface area contributed by atoms with Crippen LogP contribution in [0.3, 0.4) is 0 Å². The second-order valence-corrected chi connectivity index (χ2v) is 14.1. The standard InChI is InChI=1S/C31H50N2O5/c1-20(34)37-28-17-22-7-8-23-24(31(22,4)19-27(28)33-13-15-36-16-14-33)9-10-30(3)25(23)18-26(29(30)38-21(2)35)32-11-5-6-12-32/h22-29H,5-19H2,1-4H3/t22?,23?,24?,25?,26-,27+,28+,29+,30+,31+/m1/s1. The number of rotatable bonds is 4. The van der Waals surface area contributed by atoms with Gasteiger partial charge in [0.15, 0.2) is 0 Å². The maximum atomic E-state index is 12.3. The highest BCUT2D eigenvalue weighted by Crippen LogP contribution is 2.67. The van der Waals surface area contributed by atoms with E-state index in [-0.39, 0.29) is 41.0 Å². The van der Waals surface area contributed by atoms with Crippen LogP contribution in [0.4, 0.5) is 0 Å². The first kappa shape index (κ1) is 27.0. The molecule has 214 valence electrons. The number of nitrogens with zero attached hydrogens (tertiary/aromatic N) is 2. The molecular formula is C31H50N2O5. The summed E-state index contributed by atoms with van der Waals surface area (Å²) in [7, 11) is 0. The Kier molecular flexibility index (Phi) is 7.35. The van der Waals surface area contributed by atoms with Crippen LogP contribution in [0.25, 0.3) is 0 Å². The molecule has 2 heterocycles. The summed E-state index contributed by atoms with van der Waals surface area (Å²) in [4.78, 5) is 29.6. The first-order valence-corrected chi connectivity index (χ1v) is 15.6. The zero-order valence-corrected chi connectivity index (χ0v) is 24.2. The Labute approximate surface area is 229 Å². The normalized spacial score (nSPS) is 47.6. The second kappa shape index (κ2) is 10.3. The monoisotopic (exact) mass is 530 g/mol. The van der Waals surface area contributed by atoms with Crippen molar-refractivity contribution < 1.29 is 23.8 Å². The zero-order valence-electron chi connectivity index (χ0n) is 24.2. The molecule has 6 fully saturated rings. The van der Waals surface area contributed by atoms with Crippen LogP contribution in [0, 0.1) is 34.5 Å². The highest BCUT2D eigenvalue weighted by atomic mass is 16.5. The molecule has 7 nitrogen and oxygen atoms in total. The lowest BCUT2D eigenvalue weighted by Gasteiger charge is -2.62. The number of carbonyl (C=O) groups is 2. The van der Waals surface area contributed by atoms with Crippen LogP contribution >= 0.6 is 0 Å². The minimum Gasteiger partial charge on any atom is -0.461 e. The van der Waals surface area contributed by atoms with E-state index in [0.717, 1.165) is 58.7 Å². The Balaban J connectivity index is 1.27. The summed E-state index contributed by atoms with van der Waals surface area (Å²) in [6, 6.07) is 0.660. The van der Waals surface area contributed by atoms with Crippen molar-refractivity contribution in [3.05, 3.63) is 0 Å². The van der Waals surface area contributed by atoms with E-state index < -0.39 is 0 Å². The van der Waals surface area contributed by atoms with Crippen LogP contribution in [-0.2, 0) is 23.8 Å². The van der Waals surface area contributed by atoms with Crippen LogP contribution < -0.4 is 0 Å². The van der Waals surface area contributed by atoms with Gasteiger partial charge in [-0.15, -0.1) is 0 Å². The van der Waals surface area contributed by atoms with E-state index in [1.807, 2.05) is 0 Å². The lowest BCUT2D eigenvalue weighted by molar-refractivity contribution is -0.182. The van der Waals surface area contributed by atoms with Crippen molar-refractivity contribution in [1.29, 1.82) is 0 Å². The summed E-state index contributed by atoms with van der Waals surface area (Å²) in [6.07, 6.45) is 10.7. The van der Waals surface area contributed by atoms with E-state index in [0.29, 0.717) is 29.7 Å². The number of esters is 2. The largest absolute Gasteiger partial charge is 0.461 e. The minimum atomic E-state index is -0.144. The van der Waals surface area contributed by atoms with Gasteiger partial charge < -0.3 is 14.2 Å². The van der Waals surface area contributed by atoms with Crippen LogP contribution in [-0.4, -0.2) is 85.4 Å². The Bertz CT molecular complexity index is 901. The molecule has 4 saturated carbocycles. The summed E-state index contributed by atoms with van der Waals surface area (Å²) in [5.74, 6) is 2.34. The van der Waals surface area contributed by atoms with Crippen molar-refractivity contribution in [3.8, 4) is 0 Å². The molecule has 6 aliphatic rings. The topological polar surface area (TPSA) is 68.3 Å². The lowest BCUT2D eigenvalue weighted by atomic mass is 9.44. The van der Waals surface area contributed by atoms with Gasteiger partial charge in [-0.1, -0.05) is 13.8 Å². The number of likely N-dealkylation sites (tertiary alicyclic amines) is 1. The van der Waals surface area contributed by atoms with Crippen LogP contribution in [0.2, 0.25) is 0 Å². The van der Waals surface area contributed by atoms with Crippen molar-refractivity contribution >= 4 is 11.9 Å². The molecule has 2 aliphatic heterocycles. The summed E-state index contributed by atoms with van der Waals surface area (Å²) in [5, 5.41) is 0. The molecule has 0 spiro atoms. The number of hydrogen-bond acceptors (Lipinski definition) is 7. The second-order valence-electron chi connectivity index (χ2n) is 14.1. The lowest BCUT2D eigenvalue weighted by Crippen LogP contribution is -2.61. The molecule has 7 heteroatoms. The van der Waals surface area contributed by atoms with Crippen molar-refractivity contribution in [3.63, 3.8) is 0 Å². The quantitative estimate of drug-likeness (QED) is 0.503. The van der Waals surface area contributed by atoms with Crippen LogP contribution in [0.5, 0.6) is 0 Å². The molecule has 4 unspecified atom stereocenters. The molecule has 0 bridgehead atoms. The predicted octanol–water partition coefficient (Wildman–Crippen LogP) is 4.28. The fourth-order valence-corrected chi connectivity index (χ4v) is 10.6. The third kappa shape index (κ3) is 4.52. The molecule has 0 radical (unpaired) electrons. The van der Waals surface area contributed by atoms with E-state index in [2.05, 4.69) is 23.6 Å². The number of fused-ring (bicyclic) bond motifs is 5. The number of morpholine rings is 1. The molecule has 0 amide bonds. The predicted molar refractivity (Wildman–Crippen MR) is 144 cm³/mol. The molecule has 0 aromatic carbocycles. The van der Waals surface area contributed by atoms with Gasteiger partial charge in [-0.25, -0.2) is 0 Å². The summed E-state index contributed by atoms with van der Waals surface area (Å²) >= 11 is 0. The number of ether oxygens (including phenoxy) is 3. The van der Waals surface area contributed by atoms with Crippen molar-refractivity contribution in [1.82, 2.24) is 9.80 Å². The van der Waals surface area contributed by atoms with Crippen molar-refractivity contribution in [2.24, 2.45) is 34.5 Å². The first-order valence-electron chi connectivity index (χ1n) is 15.6. The Morgan fingerprint density at radius 2 is 1.47 bits per heavy atom. The Hall–Kier alpha value is -1.18. The molecule has 0 N–H and O–H groups in total. The Morgan fingerprint density at radius 3 is 2.16 bits per heavy atom. The van der Waals surface area contributed by atoms with Gasteiger partial charge in [0.25, 0.3) is 0 Å². The average molecular weight is 531 g/mol. The molecule has 0 aromatic heterocycles. The summed E-state index contributed by atoms with van der Waals surface area (Å²) < 4.78 is 17.9. The molecule has 4 aliphatic carbocycles. The van der Waals surface area contributed by atoms with E-state index in [1.165, 1.54) is 38.5 Å². The zero-order chi connectivity index (χ0) is 26.7. The van der Waals surface area contributed by atoms with Gasteiger partial charge in [0, 0.05) is 44.4 Å². The van der Waals surface area contributed by atoms with Gasteiger partial charge in [0.1, 0.15) is 12.2 Å². The Morgan fingerprint density at radius 1 is 0.789 bits per heavy atom. The van der Waals surface area contributed by atoms with Crippen molar-refractivity contribution in [2.45, 2.75) is 110 Å². The molecular weight excluding hydrogens is 480 g/mol. The van der Waals surface area contributed by atoms with Gasteiger partial charge >= 0.3 is 11.9 Å². The third-order valence-electron chi connectivity index (χ3n) is 12.3. The van der Waals surface area contributed by atoms with Crippen LogP contribution in [0.1, 0.15) is 85.5 Å². The maximum absolute atomic E-state index is 12.3. The molecule has 0 aromatic rings. The van der Waals surface area contributed by atoms with E-state index >= 15 is 0 Å². The molecule has 6 rings (SSSR count). The fourth-order valence-electron chi connectivity index (χ4n) is 10.6. The van der Waals surface area contributed by atoms with E-state index in [1.54, 1.807) is 13.8 Å². The summed E-state index contributed by atoms with van der Waals surface area (Å²) in [5.41, 5.74) is 0.328. The number of carbonyl (C=O) groups excluding carboxylic acids is 2. The SMILES string of the molecule is CC(=O)O[C@H]1CC2CCC3C(CC[C@@]4(C)C3C[C@@H](N3CCCC3)[C@@H]4OC(C)=O)[C@@]2(C)C[C@@H]1N1CCOCC1. The van der Waals surface area contributed by atoms with Gasteiger partial charge in [-0.05, 0) is 100.0 Å². The van der Waals surface area contributed by atoms with Gasteiger partial charge in [0.05, 0.1) is 13.2 Å². The smallest absolute Gasteiger partial charge is 0.302 e. The van der Waals surface area contributed by atoms with Gasteiger partial charge in [-0.3, -0.25) is 19.4 Å². The first-order chi connectivity index (χ1) is 18.2. The van der Waals surface area contributed by atoms with E-state index in [4.69, 9.17) is 14.2 Å². The highest BCUT2D eigenvalue weighted by Gasteiger charge is 2.65. The van der Waals surface area contributed by atoms with E-state index in [9.17, 15) is 9.59 Å². The summed E-state index contributed by atoms with van der Waals surface area (Å²) in [6.45, 7) is 13.9. The minimum absolute atomic E-state index is 0.00606. The molecule has 2 saturated heterocycles. The third-order valence-corrected chi connectivity index (χ3v) is 12.3. The van der Waals surface area contributed by atoms with Gasteiger partial charge in [-0.2, -0.15) is 0 Å². The molecule has 38 heavy (non-hydrogen) atoms. The van der Waals surface area contributed by atoms with Crippen LogP contribution in [0.15, 0.2) is 0 Å². The maximum Gasteiger partial charge on any atom is 0.302 e. The highest BCUT2D eigenvalue weighted by molar-refractivity contribution is 5.66. The fraction of sp³-hybridized carbons (Fsp3) is 0.935. The van der Waals surface area contributed by atoms with Crippen molar-refractivity contribution in [2.75, 3.05) is 39.4 Å².